The number of nitrogens with one attached hydrogen (secondary N) is 2. The second kappa shape index (κ2) is 15.7. The molecule has 0 saturated carbocycles. The van der Waals surface area contributed by atoms with E-state index >= 15 is 0 Å². The number of carbonyl (C=O) groups is 5. The highest BCUT2D eigenvalue weighted by Gasteiger charge is 2.28. The molecular weight excluding hydrogens is 544 g/mol. The van der Waals surface area contributed by atoms with Gasteiger partial charge in [0.15, 0.2) is 0 Å². The van der Waals surface area contributed by atoms with E-state index in [2.05, 4.69) is 10.6 Å². The zero-order chi connectivity index (χ0) is 30.5. The highest BCUT2D eigenvalue weighted by atomic mass is 16.5. The maximum atomic E-state index is 13.2. The third-order valence-corrected chi connectivity index (χ3v) is 6.50. The van der Waals surface area contributed by atoms with Crippen molar-refractivity contribution in [2.24, 2.45) is 0 Å². The molecule has 0 bridgehead atoms. The van der Waals surface area contributed by atoms with E-state index in [0.29, 0.717) is 18.5 Å². The summed E-state index contributed by atoms with van der Waals surface area (Å²) in [6.07, 6.45) is -1.61. The van der Waals surface area contributed by atoms with Gasteiger partial charge in [-0.05, 0) is 41.7 Å². The number of hydrogen-bond donors (Lipinski definition) is 5. The molecule has 3 aromatic carbocycles. The molecule has 3 aromatic rings. The molecule has 11 heteroatoms. The van der Waals surface area contributed by atoms with Gasteiger partial charge in [0.05, 0.1) is 6.04 Å². The van der Waals surface area contributed by atoms with Crippen LogP contribution in [0, 0.1) is 0 Å². The number of carbonyl (C=O) groups excluding carboxylic acids is 2. The number of carboxylic acids is 3. The average molecular weight is 577 g/mol. The van der Waals surface area contributed by atoms with Crippen molar-refractivity contribution in [1.29, 1.82) is 0 Å². The van der Waals surface area contributed by atoms with Gasteiger partial charge in [0, 0.05) is 25.4 Å². The summed E-state index contributed by atoms with van der Waals surface area (Å²) >= 11 is 0. The molecule has 11 nitrogen and oxygen atoms in total. The van der Waals surface area contributed by atoms with Crippen molar-refractivity contribution in [2.75, 3.05) is 13.1 Å². The lowest BCUT2D eigenvalue weighted by atomic mass is 9.88. The Labute approximate surface area is 242 Å². The Morgan fingerprint density at radius 1 is 0.714 bits per heavy atom. The molecule has 0 heterocycles. The summed E-state index contributed by atoms with van der Waals surface area (Å²) < 4.78 is 5.02. The lowest BCUT2D eigenvalue weighted by Crippen LogP contribution is -2.46. The van der Waals surface area contributed by atoms with Crippen LogP contribution in [0.2, 0.25) is 0 Å². The van der Waals surface area contributed by atoms with Crippen LogP contribution in [0.15, 0.2) is 84.9 Å². The van der Waals surface area contributed by atoms with Crippen molar-refractivity contribution in [3.8, 4) is 5.75 Å². The van der Waals surface area contributed by atoms with Gasteiger partial charge in [-0.2, -0.15) is 0 Å². The summed E-state index contributed by atoms with van der Waals surface area (Å²) in [5, 5.41) is 32.8. The van der Waals surface area contributed by atoms with Gasteiger partial charge < -0.3 is 30.7 Å². The van der Waals surface area contributed by atoms with Gasteiger partial charge in [-0.15, -0.1) is 0 Å². The number of ether oxygens (including phenoxy) is 1. The van der Waals surface area contributed by atoms with E-state index in [0.717, 1.165) is 11.1 Å². The first-order valence-electron chi connectivity index (χ1n) is 13.2. The van der Waals surface area contributed by atoms with Crippen LogP contribution in [0.1, 0.15) is 35.4 Å². The first kappa shape index (κ1) is 31.5. The minimum absolute atomic E-state index is 0.0161. The second-order valence-corrected chi connectivity index (χ2v) is 9.46. The standard InChI is InChI=1S/C31H32N2O9/c34-26(29(36)37)16-18-32-25(19-20-11-13-23(14-12-20)42-27(30(38)39)31(40)41)28(35)33-17-15-24(21-7-3-1-4-8-21)22-9-5-2-6-10-22/h1-14,24-25,27,32H,15-19H2,(H,33,35)(H,36,37)(H,38,39)(H,40,41). The fourth-order valence-electron chi connectivity index (χ4n) is 4.37. The molecule has 0 fully saturated rings. The van der Waals surface area contributed by atoms with Crippen molar-refractivity contribution in [3.63, 3.8) is 0 Å². The Hall–Kier alpha value is -5.03. The fraction of sp³-hybridized carbons (Fsp3) is 0.258. The molecule has 220 valence electrons. The van der Waals surface area contributed by atoms with E-state index in [1.807, 2.05) is 60.7 Å². The van der Waals surface area contributed by atoms with E-state index in [1.54, 1.807) is 12.1 Å². The normalized spacial score (nSPS) is 11.6. The SMILES string of the molecule is O=C(O)C(=O)CCNC(Cc1ccc(OC(C(=O)O)C(=O)O)cc1)C(=O)NCCC(c1ccccc1)c1ccccc1. The van der Waals surface area contributed by atoms with Crippen molar-refractivity contribution >= 4 is 29.6 Å². The Balaban J connectivity index is 1.68. The molecule has 0 spiro atoms. The number of ketones is 1. The summed E-state index contributed by atoms with van der Waals surface area (Å²) in [6.45, 7) is 0.304. The van der Waals surface area contributed by atoms with Crippen LogP contribution in [0.25, 0.3) is 0 Å². The van der Waals surface area contributed by atoms with Crippen LogP contribution in [-0.2, 0) is 30.4 Å². The topological polar surface area (TPSA) is 179 Å². The molecule has 0 aliphatic heterocycles. The molecule has 1 atom stereocenters. The third-order valence-electron chi connectivity index (χ3n) is 6.50. The van der Waals surface area contributed by atoms with Crippen molar-refractivity contribution in [3.05, 3.63) is 102 Å². The molecule has 1 unspecified atom stereocenters. The number of Topliss-reactive ketones (excluding diaryl/α,β-unsaturated/α-hetero) is 1. The summed E-state index contributed by atoms with van der Waals surface area (Å²) in [6, 6.07) is 24.9. The summed E-state index contributed by atoms with van der Waals surface area (Å²) in [4.78, 5) is 57.9. The van der Waals surface area contributed by atoms with E-state index < -0.39 is 35.8 Å². The van der Waals surface area contributed by atoms with Crippen molar-refractivity contribution < 1.29 is 44.0 Å². The number of carboxylic acid groups (broad SMARTS) is 3. The number of aliphatic carboxylic acids is 3. The highest BCUT2D eigenvalue weighted by molar-refractivity contribution is 6.32. The van der Waals surface area contributed by atoms with Gasteiger partial charge in [0.1, 0.15) is 5.75 Å². The summed E-state index contributed by atoms with van der Waals surface area (Å²) in [5.41, 5.74) is 2.85. The van der Waals surface area contributed by atoms with Crippen LogP contribution in [-0.4, -0.2) is 70.2 Å². The number of benzene rings is 3. The van der Waals surface area contributed by atoms with Gasteiger partial charge in [-0.1, -0.05) is 72.8 Å². The van der Waals surface area contributed by atoms with Gasteiger partial charge in [0.2, 0.25) is 11.7 Å². The van der Waals surface area contributed by atoms with E-state index in [4.69, 9.17) is 20.1 Å². The largest absolute Gasteiger partial charge is 0.478 e. The van der Waals surface area contributed by atoms with E-state index in [1.165, 1.54) is 12.1 Å². The summed E-state index contributed by atoms with van der Waals surface area (Å²) in [5.74, 6) is -6.13. The minimum atomic E-state index is -2.07. The number of amides is 1. The molecular formula is C31H32N2O9. The Kier molecular flexibility index (Phi) is 11.8. The zero-order valence-corrected chi connectivity index (χ0v) is 22.6. The smallest absolute Gasteiger partial charge is 0.372 e. The van der Waals surface area contributed by atoms with Crippen LogP contribution in [0.3, 0.4) is 0 Å². The zero-order valence-electron chi connectivity index (χ0n) is 22.6. The molecule has 0 aliphatic rings. The van der Waals surface area contributed by atoms with E-state index in [-0.39, 0.29) is 37.0 Å². The van der Waals surface area contributed by atoms with Crippen LogP contribution < -0.4 is 15.4 Å². The van der Waals surface area contributed by atoms with Gasteiger partial charge in [-0.3, -0.25) is 9.59 Å². The molecule has 0 saturated heterocycles. The molecule has 3 rings (SSSR count). The Morgan fingerprint density at radius 2 is 1.26 bits per heavy atom. The Morgan fingerprint density at radius 3 is 1.76 bits per heavy atom. The molecule has 5 N–H and O–H groups in total. The lowest BCUT2D eigenvalue weighted by Gasteiger charge is -2.21. The lowest BCUT2D eigenvalue weighted by molar-refractivity contribution is -0.159. The molecule has 0 radical (unpaired) electrons. The fourth-order valence-corrected chi connectivity index (χ4v) is 4.37. The van der Waals surface area contributed by atoms with Crippen LogP contribution >= 0.6 is 0 Å². The van der Waals surface area contributed by atoms with Gasteiger partial charge >= 0.3 is 17.9 Å². The molecule has 0 aliphatic carbocycles. The molecule has 42 heavy (non-hydrogen) atoms. The van der Waals surface area contributed by atoms with Gasteiger partial charge in [-0.25, -0.2) is 14.4 Å². The molecule has 0 aromatic heterocycles. The monoisotopic (exact) mass is 576 g/mol. The predicted molar refractivity (Wildman–Crippen MR) is 151 cm³/mol. The predicted octanol–water partition coefficient (Wildman–Crippen LogP) is 2.49. The maximum Gasteiger partial charge on any atom is 0.372 e. The van der Waals surface area contributed by atoms with Crippen molar-refractivity contribution in [1.82, 2.24) is 10.6 Å². The van der Waals surface area contributed by atoms with Crippen molar-refractivity contribution in [2.45, 2.75) is 37.3 Å². The summed E-state index contributed by atoms with van der Waals surface area (Å²) in [7, 11) is 0. The second-order valence-electron chi connectivity index (χ2n) is 9.46. The third kappa shape index (κ3) is 9.56. The maximum absolute atomic E-state index is 13.2. The Bertz CT molecular complexity index is 1310. The average Bonchev–Trinajstić information content (AvgIpc) is 2.98. The molecule has 1 amide bonds. The van der Waals surface area contributed by atoms with Crippen LogP contribution in [0.5, 0.6) is 5.75 Å². The quantitative estimate of drug-likeness (QED) is 0.118. The highest BCUT2D eigenvalue weighted by Crippen LogP contribution is 2.27. The first-order valence-corrected chi connectivity index (χ1v) is 13.2. The number of rotatable bonds is 17. The minimum Gasteiger partial charge on any atom is -0.478 e. The van der Waals surface area contributed by atoms with E-state index in [9.17, 15) is 24.0 Å². The van der Waals surface area contributed by atoms with Gasteiger partial charge in [0.25, 0.3) is 6.10 Å². The van der Waals surface area contributed by atoms with Crippen LogP contribution in [0.4, 0.5) is 0 Å². The number of hydrogen-bond acceptors (Lipinski definition) is 7. The first-order chi connectivity index (χ1) is 20.2.